The van der Waals surface area contributed by atoms with Gasteiger partial charge in [-0.2, -0.15) is 5.26 Å². The number of nitrogens with one attached hydrogen (secondary N) is 1. The highest BCUT2D eigenvalue weighted by atomic mass is 35.5. The number of fused-ring (bicyclic) bond motifs is 1. The summed E-state index contributed by atoms with van der Waals surface area (Å²) < 4.78 is 7.83. The van der Waals surface area contributed by atoms with E-state index in [0.717, 1.165) is 22.4 Å². The van der Waals surface area contributed by atoms with Crippen molar-refractivity contribution >= 4 is 65.0 Å². The number of hydrogen-bond donors (Lipinski definition) is 2. The Morgan fingerprint density at radius 1 is 1.18 bits per heavy atom. The van der Waals surface area contributed by atoms with Gasteiger partial charge in [0.15, 0.2) is 5.82 Å². The van der Waals surface area contributed by atoms with Crippen LogP contribution in [0.4, 0.5) is 11.5 Å². The van der Waals surface area contributed by atoms with Gasteiger partial charge in [-0.25, -0.2) is 9.97 Å². The molecule has 170 valence electrons. The van der Waals surface area contributed by atoms with E-state index in [1.807, 2.05) is 35.9 Å². The molecule has 0 unspecified atom stereocenters. The van der Waals surface area contributed by atoms with Crippen molar-refractivity contribution in [1.82, 2.24) is 14.5 Å². The molecule has 0 fully saturated rings. The van der Waals surface area contributed by atoms with Gasteiger partial charge in [0, 0.05) is 25.0 Å². The van der Waals surface area contributed by atoms with Gasteiger partial charge in [0.05, 0.1) is 22.2 Å². The fourth-order valence-corrected chi connectivity index (χ4v) is 3.41. The third kappa shape index (κ3) is 5.75. The molecule has 0 saturated heterocycles. The molecular formula is C23H21Cl3N6O. The minimum absolute atomic E-state index is 0. The Morgan fingerprint density at radius 2 is 2.00 bits per heavy atom. The van der Waals surface area contributed by atoms with Crippen LogP contribution in [0.5, 0.6) is 11.5 Å². The minimum atomic E-state index is 0. The Hall–Kier alpha value is -3.28. The summed E-state index contributed by atoms with van der Waals surface area (Å²) in [6.45, 7) is 0.464. The first-order valence-corrected chi connectivity index (χ1v) is 9.88. The van der Waals surface area contributed by atoms with Gasteiger partial charge >= 0.3 is 0 Å². The number of nitrogens with two attached hydrogens (primary N) is 1. The SMILES string of the molecule is Cl.Cl.Cn1c(C=CCN)cc2ncnc(Nc3ccc(Oc4cccc(C#N)c4)c(Cl)c3)c21. The first kappa shape index (κ1) is 26.0. The van der Waals surface area contributed by atoms with E-state index in [1.54, 1.807) is 36.4 Å². The van der Waals surface area contributed by atoms with Crippen LogP contribution in [0.2, 0.25) is 5.02 Å². The summed E-state index contributed by atoms with van der Waals surface area (Å²) in [7, 11) is 1.95. The fourth-order valence-electron chi connectivity index (χ4n) is 3.19. The number of hydrogen-bond acceptors (Lipinski definition) is 6. The molecule has 4 rings (SSSR count). The quantitative estimate of drug-likeness (QED) is 0.342. The van der Waals surface area contributed by atoms with E-state index in [4.69, 9.17) is 27.3 Å². The van der Waals surface area contributed by atoms with Gasteiger partial charge < -0.3 is 20.4 Å². The van der Waals surface area contributed by atoms with Crippen molar-refractivity contribution in [2.75, 3.05) is 11.9 Å². The van der Waals surface area contributed by atoms with E-state index in [1.165, 1.54) is 6.33 Å². The van der Waals surface area contributed by atoms with Gasteiger partial charge in [0.25, 0.3) is 0 Å². The molecule has 0 saturated carbocycles. The lowest BCUT2D eigenvalue weighted by molar-refractivity contribution is 0.483. The zero-order valence-corrected chi connectivity index (χ0v) is 19.9. The Balaban J connectivity index is 0.00000193. The van der Waals surface area contributed by atoms with Crippen LogP contribution >= 0.6 is 36.4 Å². The van der Waals surface area contributed by atoms with Gasteiger partial charge in [-0.05, 0) is 48.5 Å². The molecule has 0 spiro atoms. The Labute approximate surface area is 208 Å². The van der Waals surface area contributed by atoms with Crippen LogP contribution in [-0.2, 0) is 7.05 Å². The number of aryl methyl sites for hydroxylation is 1. The van der Waals surface area contributed by atoms with Crippen molar-refractivity contribution < 1.29 is 4.74 Å². The highest BCUT2D eigenvalue weighted by molar-refractivity contribution is 6.32. The maximum Gasteiger partial charge on any atom is 0.158 e. The lowest BCUT2D eigenvalue weighted by atomic mass is 10.2. The molecule has 10 heteroatoms. The minimum Gasteiger partial charge on any atom is -0.456 e. The van der Waals surface area contributed by atoms with Gasteiger partial charge in [-0.3, -0.25) is 0 Å². The Bertz CT molecular complexity index is 1330. The average Bonchev–Trinajstić information content (AvgIpc) is 3.10. The fraction of sp³-hybridized carbons (Fsp3) is 0.0870. The van der Waals surface area contributed by atoms with Crippen molar-refractivity contribution in [3.63, 3.8) is 0 Å². The maximum atomic E-state index is 9.04. The summed E-state index contributed by atoms with van der Waals surface area (Å²) in [5.41, 5.74) is 9.50. The normalized spacial score (nSPS) is 10.4. The van der Waals surface area contributed by atoms with E-state index in [9.17, 15) is 0 Å². The molecule has 0 radical (unpaired) electrons. The summed E-state index contributed by atoms with van der Waals surface area (Å²) in [5, 5.41) is 12.8. The van der Waals surface area contributed by atoms with E-state index in [2.05, 4.69) is 21.4 Å². The van der Waals surface area contributed by atoms with Crippen LogP contribution in [0.1, 0.15) is 11.3 Å². The topological polar surface area (TPSA) is 102 Å². The van der Waals surface area contributed by atoms with Crippen LogP contribution in [0.25, 0.3) is 17.1 Å². The van der Waals surface area contributed by atoms with E-state index >= 15 is 0 Å². The molecule has 0 aliphatic heterocycles. The molecule has 7 nitrogen and oxygen atoms in total. The van der Waals surface area contributed by atoms with Crippen LogP contribution in [0, 0.1) is 11.3 Å². The monoisotopic (exact) mass is 502 g/mol. The standard InChI is InChI=1S/C23H19ClN6O.2ClH/c1-30-17(5-3-9-25)12-20-22(30)23(28-14-27-20)29-16-7-8-21(19(24)11-16)31-18-6-2-4-15(10-18)13-26;;/h2-8,10-12,14H,9,25H2,1H3,(H,27,28,29);2*1H. The molecule has 33 heavy (non-hydrogen) atoms. The second-order valence-electron chi connectivity index (χ2n) is 6.73. The highest BCUT2D eigenvalue weighted by Crippen LogP contribution is 2.33. The molecule has 2 heterocycles. The van der Waals surface area contributed by atoms with Gasteiger partial charge in [0.2, 0.25) is 0 Å². The number of ether oxygens (including phenoxy) is 1. The van der Waals surface area contributed by atoms with Crippen molar-refractivity contribution in [2.45, 2.75) is 0 Å². The van der Waals surface area contributed by atoms with E-state index in [-0.39, 0.29) is 24.8 Å². The number of aromatic nitrogens is 3. The van der Waals surface area contributed by atoms with Gasteiger partial charge in [-0.1, -0.05) is 23.7 Å². The molecular weight excluding hydrogens is 483 g/mol. The molecule has 2 aromatic heterocycles. The molecule has 4 aromatic rings. The third-order valence-electron chi connectivity index (χ3n) is 4.67. The van der Waals surface area contributed by atoms with Crippen molar-refractivity contribution in [1.29, 1.82) is 5.26 Å². The summed E-state index contributed by atoms with van der Waals surface area (Å²) >= 11 is 6.44. The molecule has 0 aliphatic rings. The largest absolute Gasteiger partial charge is 0.456 e. The van der Waals surface area contributed by atoms with E-state index in [0.29, 0.717) is 34.4 Å². The zero-order valence-electron chi connectivity index (χ0n) is 17.5. The second-order valence-corrected chi connectivity index (χ2v) is 7.14. The highest BCUT2D eigenvalue weighted by Gasteiger charge is 2.12. The lowest BCUT2D eigenvalue weighted by Crippen LogP contribution is -2.00. The molecule has 3 N–H and O–H groups in total. The van der Waals surface area contributed by atoms with Crippen molar-refractivity contribution in [2.24, 2.45) is 12.8 Å². The zero-order chi connectivity index (χ0) is 21.8. The van der Waals surface area contributed by atoms with E-state index < -0.39 is 0 Å². The molecule has 2 aromatic carbocycles. The molecule has 0 bridgehead atoms. The smallest absolute Gasteiger partial charge is 0.158 e. The number of nitriles is 1. The Morgan fingerprint density at radius 3 is 2.73 bits per heavy atom. The summed E-state index contributed by atoms with van der Waals surface area (Å²) in [6.07, 6.45) is 5.36. The molecule has 0 atom stereocenters. The summed E-state index contributed by atoms with van der Waals surface area (Å²) in [4.78, 5) is 8.76. The number of halogens is 3. The maximum absolute atomic E-state index is 9.04. The van der Waals surface area contributed by atoms with Gasteiger partial charge in [-0.15, -0.1) is 24.8 Å². The predicted octanol–water partition coefficient (Wildman–Crippen LogP) is 5.84. The van der Waals surface area contributed by atoms with Gasteiger partial charge in [0.1, 0.15) is 23.3 Å². The van der Waals surface area contributed by atoms with Crippen LogP contribution in [-0.4, -0.2) is 21.1 Å². The van der Waals surface area contributed by atoms with Crippen molar-refractivity contribution in [3.8, 4) is 17.6 Å². The first-order valence-electron chi connectivity index (χ1n) is 9.50. The van der Waals surface area contributed by atoms with Crippen LogP contribution in [0.3, 0.4) is 0 Å². The number of nitrogens with zero attached hydrogens (tertiary/aromatic N) is 4. The van der Waals surface area contributed by atoms with Crippen molar-refractivity contribution in [3.05, 3.63) is 77.2 Å². The second kappa shape index (κ2) is 11.5. The third-order valence-corrected chi connectivity index (χ3v) is 4.96. The number of rotatable bonds is 6. The average molecular weight is 504 g/mol. The first-order chi connectivity index (χ1) is 15.1. The number of benzene rings is 2. The predicted molar refractivity (Wildman–Crippen MR) is 137 cm³/mol. The summed E-state index contributed by atoms with van der Waals surface area (Å²) in [5.74, 6) is 1.69. The summed E-state index contributed by atoms with van der Waals surface area (Å²) in [6, 6.07) is 16.3. The molecule has 0 aliphatic carbocycles. The Kier molecular flexibility index (Phi) is 9.09. The number of anilines is 2. The lowest BCUT2D eigenvalue weighted by Gasteiger charge is -2.12. The van der Waals surface area contributed by atoms with Crippen LogP contribution in [0.15, 0.2) is 60.9 Å². The van der Waals surface area contributed by atoms with Crippen LogP contribution < -0.4 is 15.8 Å². The molecule has 0 amide bonds.